The molecule has 0 unspecified atom stereocenters. The monoisotopic (exact) mass is 401 g/mol. The van der Waals surface area contributed by atoms with Crippen molar-refractivity contribution in [2.45, 2.75) is 38.5 Å². The molecule has 0 fully saturated rings. The highest BCUT2D eigenvalue weighted by Crippen LogP contribution is 2.38. The Kier molecular flexibility index (Phi) is 7.10. The van der Waals surface area contributed by atoms with Gasteiger partial charge in [0.15, 0.2) is 11.5 Å². The number of amides is 1. The zero-order valence-electron chi connectivity index (χ0n) is 17.1. The second kappa shape index (κ2) is 9.95. The topological polar surface area (TPSA) is 95.7 Å². The third-order valence-electron chi connectivity index (χ3n) is 4.86. The van der Waals surface area contributed by atoms with E-state index in [0.29, 0.717) is 36.1 Å². The van der Waals surface area contributed by atoms with E-state index in [2.05, 4.69) is 21.6 Å². The standard InChI is InChI=1S/C21H27N3O5/c1-26-16-11-15(12-17(27-2)19(16)28-3)13-18-23-24-21(29-18)20(25)22-10-9-14-7-5-4-6-8-14/h7,11-12H,4-6,8-10,13H2,1-3H3,(H,22,25). The minimum absolute atomic E-state index is 0.0370. The molecule has 0 atom stereocenters. The maximum absolute atomic E-state index is 12.3. The Balaban J connectivity index is 1.61. The fraction of sp³-hybridized carbons (Fsp3) is 0.476. The van der Waals surface area contributed by atoms with Gasteiger partial charge in [-0.1, -0.05) is 11.6 Å². The lowest BCUT2D eigenvalue weighted by Crippen LogP contribution is -2.25. The number of allylic oxidation sites excluding steroid dienone is 1. The molecule has 0 saturated heterocycles. The Labute approximate surface area is 170 Å². The lowest BCUT2D eigenvalue weighted by molar-refractivity contribution is 0.0917. The Hall–Kier alpha value is -3.03. The van der Waals surface area contributed by atoms with Gasteiger partial charge in [0.05, 0.1) is 27.8 Å². The number of hydrogen-bond donors (Lipinski definition) is 1. The molecule has 0 aliphatic heterocycles. The third kappa shape index (κ3) is 5.28. The predicted octanol–water partition coefficient (Wildman–Crippen LogP) is 3.31. The Bertz CT molecular complexity index is 850. The average molecular weight is 401 g/mol. The molecule has 1 aromatic carbocycles. The van der Waals surface area contributed by atoms with Crippen LogP contribution in [0, 0.1) is 0 Å². The van der Waals surface area contributed by atoms with Gasteiger partial charge in [-0.05, 0) is 49.8 Å². The number of methoxy groups -OCH3 is 3. The normalized spacial score (nSPS) is 13.6. The summed E-state index contributed by atoms with van der Waals surface area (Å²) >= 11 is 0. The molecule has 0 radical (unpaired) electrons. The number of benzene rings is 1. The Morgan fingerprint density at radius 2 is 1.86 bits per heavy atom. The average Bonchev–Trinajstić information content (AvgIpc) is 3.22. The molecular formula is C21H27N3O5. The first-order valence-electron chi connectivity index (χ1n) is 9.72. The number of nitrogens with one attached hydrogen (secondary N) is 1. The molecule has 8 nitrogen and oxygen atoms in total. The van der Waals surface area contributed by atoms with Crippen molar-refractivity contribution in [1.82, 2.24) is 15.5 Å². The van der Waals surface area contributed by atoms with Crippen molar-refractivity contribution >= 4 is 5.91 Å². The maximum Gasteiger partial charge on any atom is 0.308 e. The molecule has 1 aliphatic carbocycles. The summed E-state index contributed by atoms with van der Waals surface area (Å²) in [6, 6.07) is 3.62. The van der Waals surface area contributed by atoms with Gasteiger partial charge in [0, 0.05) is 6.54 Å². The van der Waals surface area contributed by atoms with E-state index < -0.39 is 0 Å². The van der Waals surface area contributed by atoms with E-state index in [0.717, 1.165) is 24.8 Å². The predicted molar refractivity (Wildman–Crippen MR) is 107 cm³/mol. The molecule has 0 saturated carbocycles. The summed E-state index contributed by atoms with van der Waals surface area (Å²) in [4.78, 5) is 12.3. The highest BCUT2D eigenvalue weighted by molar-refractivity contribution is 5.89. The molecule has 8 heteroatoms. The van der Waals surface area contributed by atoms with Crippen LogP contribution in [0.25, 0.3) is 0 Å². The quantitative estimate of drug-likeness (QED) is 0.644. The highest BCUT2D eigenvalue weighted by atomic mass is 16.5. The van der Waals surface area contributed by atoms with Crippen LogP contribution < -0.4 is 19.5 Å². The molecule has 2 aromatic rings. The van der Waals surface area contributed by atoms with Crippen molar-refractivity contribution in [2.75, 3.05) is 27.9 Å². The fourth-order valence-corrected chi connectivity index (χ4v) is 3.37. The van der Waals surface area contributed by atoms with Gasteiger partial charge in [-0.25, -0.2) is 0 Å². The van der Waals surface area contributed by atoms with Crippen molar-refractivity contribution in [1.29, 1.82) is 0 Å². The third-order valence-corrected chi connectivity index (χ3v) is 4.86. The van der Waals surface area contributed by atoms with Gasteiger partial charge < -0.3 is 23.9 Å². The molecule has 0 bridgehead atoms. The first-order valence-corrected chi connectivity index (χ1v) is 9.72. The van der Waals surface area contributed by atoms with E-state index in [-0.39, 0.29) is 11.8 Å². The molecule has 1 aliphatic rings. The molecular weight excluding hydrogens is 374 g/mol. The number of rotatable bonds is 9. The molecule has 3 rings (SSSR count). The summed E-state index contributed by atoms with van der Waals surface area (Å²) in [7, 11) is 4.66. The van der Waals surface area contributed by atoms with Crippen LogP contribution in [-0.4, -0.2) is 44.0 Å². The van der Waals surface area contributed by atoms with Crippen molar-refractivity contribution in [2.24, 2.45) is 0 Å². The number of carbonyl (C=O) groups is 1. The van der Waals surface area contributed by atoms with E-state index in [1.807, 2.05) is 12.1 Å². The van der Waals surface area contributed by atoms with E-state index in [9.17, 15) is 4.79 Å². The van der Waals surface area contributed by atoms with Gasteiger partial charge in [-0.15, -0.1) is 10.2 Å². The second-order valence-electron chi connectivity index (χ2n) is 6.83. The zero-order valence-corrected chi connectivity index (χ0v) is 17.1. The molecule has 156 valence electrons. The Morgan fingerprint density at radius 1 is 1.10 bits per heavy atom. The van der Waals surface area contributed by atoms with Gasteiger partial charge in [-0.2, -0.15) is 0 Å². The highest BCUT2D eigenvalue weighted by Gasteiger charge is 2.18. The number of ether oxygens (including phenoxy) is 3. The minimum Gasteiger partial charge on any atom is -0.493 e. The zero-order chi connectivity index (χ0) is 20.6. The van der Waals surface area contributed by atoms with Gasteiger partial charge in [0.2, 0.25) is 11.6 Å². The van der Waals surface area contributed by atoms with Gasteiger partial charge in [0.1, 0.15) is 0 Å². The molecule has 1 aromatic heterocycles. The van der Waals surface area contributed by atoms with Crippen LogP contribution in [0.3, 0.4) is 0 Å². The summed E-state index contributed by atoms with van der Waals surface area (Å²) in [5, 5.41) is 10.7. The van der Waals surface area contributed by atoms with Crippen LogP contribution in [0.5, 0.6) is 17.2 Å². The lowest BCUT2D eigenvalue weighted by atomic mass is 9.97. The maximum atomic E-state index is 12.3. The second-order valence-corrected chi connectivity index (χ2v) is 6.83. The van der Waals surface area contributed by atoms with Crippen molar-refractivity contribution in [3.63, 3.8) is 0 Å². The van der Waals surface area contributed by atoms with Gasteiger partial charge in [0.25, 0.3) is 0 Å². The first kappa shape index (κ1) is 20.7. The summed E-state index contributed by atoms with van der Waals surface area (Å²) < 4.78 is 21.6. The van der Waals surface area contributed by atoms with Crippen molar-refractivity contribution in [3.05, 3.63) is 41.1 Å². The van der Waals surface area contributed by atoms with Crippen LogP contribution >= 0.6 is 0 Å². The van der Waals surface area contributed by atoms with Crippen LogP contribution in [0.15, 0.2) is 28.2 Å². The molecule has 1 amide bonds. The van der Waals surface area contributed by atoms with E-state index in [1.165, 1.54) is 18.4 Å². The SMILES string of the molecule is COc1cc(Cc2nnc(C(=O)NCCC3=CCCCC3)o2)cc(OC)c1OC. The van der Waals surface area contributed by atoms with Crippen molar-refractivity contribution in [3.8, 4) is 17.2 Å². The minimum atomic E-state index is -0.356. The van der Waals surface area contributed by atoms with E-state index in [4.69, 9.17) is 18.6 Å². The van der Waals surface area contributed by atoms with Crippen LogP contribution in [-0.2, 0) is 6.42 Å². The number of aromatic nitrogens is 2. The molecule has 29 heavy (non-hydrogen) atoms. The summed E-state index contributed by atoms with van der Waals surface area (Å²) in [6.07, 6.45) is 8.22. The smallest absolute Gasteiger partial charge is 0.308 e. The first-order chi connectivity index (χ1) is 14.1. The largest absolute Gasteiger partial charge is 0.493 e. The summed E-state index contributed by atoms with van der Waals surface area (Å²) in [5.41, 5.74) is 2.24. The van der Waals surface area contributed by atoms with Crippen LogP contribution in [0.4, 0.5) is 0 Å². The molecule has 1 N–H and O–H groups in total. The van der Waals surface area contributed by atoms with E-state index in [1.54, 1.807) is 21.3 Å². The van der Waals surface area contributed by atoms with Crippen molar-refractivity contribution < 1.29 is 23.4 Å². The van der Waals surface area contributed by atoms with E-state index >= 15 is 0 Å². The van der Waals surface area contributed by atoms with Gasteiger partial charge in [-0.3, -0.25) is 4.79 Å². The number of hydrogen-bond acceptors (Lipinski definition) is 7. The lowest BCUT2D eigenvalue weighted by Gasteiger charge is -2.13. The summed E-state index contributed by atoms with van der Waals surface area (Å²) in [5.74, 6) is 1.53. The Morgan fingerprint density at radius 3 is 2.48 bits per heavy atom. The number of nitrogens with zero attached hydrogens (tertiary/aromatic N) is 2. The number of carbonyl (C=O) groups excluding carboxylic acids is 1. The fourth-order valence-electron chi connectivity index (χ4n) is 3.37. The van der Waals surface area contributed by atoms with Crippen LogP contribution in [0.1, 0.15) is 54.2 Å². The molecule has 1 heterocycles. The molecule has 0 spiro atoms. The van der Waals surface area contributed by atoms with Crippen LogP contribution in [0.2, 0.25) is 0 Å². The summed E-state index contributed by atoms with van der Waals surface area (Å²) in [6.45, 7) is 0.565. The van der Waals surface area contributed by atoms with Gasteiger partial charge >= 0.3 is 11.8 Å².